The highest BCUT2D eigenvalue weighted by Gasteiger charge is 2.34. The Hall–Kier alpha value is -0.500. The summed E-state index contributed by atoms with van der Waals surface area (Å²) < 4.78 is 0. The van der Waals surface area contributed by atoms with Crippen LogP contribution in [0.2, 0.25) is 0 Å². The van der Waals surface area contributed by atoms with Gasteiger partial charge in [0.2, 0.25) is 0 Å². The monoisotopic (exact) mass is 196 g/mol. The fraction of sp³-hybridized carbons (Fsp3) is 0.833. The number of rotatable bonds is 0. The van der Waals surface area contributed by atoms with Crippen molar-refractivity contribution < 1.29 is 0 Å². The minimum Gasteiger partial charge on any atom is -0.315 e. The van der Waals surface area contributed by atoms with Gasteiger partial charge in [0.05, 0.1) is 0 Å². The van der Waals surface area contributed by atoms with E-state index in [1.807, 2.05) is 0 Å². The molecule has 0 saturated heterocycles. The molecule has 0 spiro atoms. The molecule has 2 nitrogen and oxygen atoms in total. The molecule has 1 N–H and O–H groups in total. The summed E-state index contributed by atoms with van der Waals surface area (Å²) in [6, 6.07) is 0. The van der Waals surface area contributed by atoms with Crippen LogP contribution in [0, 0.1) is 10.8 Å². The maximum atomic E-state index is 3.39. The maximum absolute atomic E-state index is 3.39. The first-order valence-electron chi connectivity index (χ1n) is 5.35. The van der Waals surface area contributed by atoms with E-state index in [0.29, 0.717) is 0 Å². The Morgan fingerprint density at radius 1 is 1.00 bits per heavy atom. The van der Waals surface area contributed by atoms with Crippen LogP contribution in [-0.2, 0) is 0 Å². The van der Waals surface area contributed by atoms with Crippen molar-refractivity contribution in [3.05, 3.63) is 11.3 Å². The van der Waals surface area contributed by atoms with Crippen LogP contribution in [0.3, 0.4) is 0 Å². The fourth-order valence-corrected chi connectivity index (χ4v) is 2.14. The van der Waals surface area contributed by atoms with Gasteiger partial charge in [0.1, 0.15) is 0 Å². The zero-order valence-electron chi connectivity index (χ0n) is 10.7. The van der Waals surface area contributed by atoms with E-state index < -0.39 is 0 Å². The van der Waals surface area contributed by atoms with Crippen LogP contribution in [0.15, 0.2) is 11.3 Å². The molecule has 2 heteroatoms. The largest absolute Gasteiger partial charge is 0.315 e. The Labute approximate surface area is 88.3 Å². The molecule has 1 aliphatic rings. The second-order valence-electron chi connectivity index (χ2n) is 6.22. The fourth-order valence-electron chi connectivity index (χ4n) is 2.14. The molecule has 1 aliphatic heterocycles. The van der Waals surface area contributed by atoms with Crippen molar-refractivity contribution in [2.24, 2.45) is 10.8 Å². The SMILES string of the molecule is CN1NCC(C(C)(C)C)=C1C(C)(C)C. The first-order chi connectivity index (χ1) is 6.14. The molecule has 0 saturated carbocycles. The Kier molecular flexibility index (Phi) is 2.70. The zero-order valence-corrected chi connectivity index (χ0v) is 10.7. The minimum absolute atomic E-state index is 0.223. The summed E-state index contributed by atoms with van der Waals surface area (Å²) in [7, 11) is 2.11. The van der Waals surface area contributed by atoms with Gasteiger partial charge in [-0.2, -0.15) is 0 Å². The summed E-state index contributed by atoms with van der Waals surface area (Å²) in [6.45, 7) is 14.7. The van der Waals surface area contributed by atoms with Crippen LogP contribution in [0.25, 0.3) is 0 Å². The van der Waals surface area contributed by atoms with E-state index in [4.69, 9.17) is 0 Å². The lowest BCUT2D eigenvalue weighted by atomic mass is 9.79. The standard InChI is InChI=1S/C12H24N2/c1-11(2,3)9-8-13-14(7)10(9)12(4,5)6/h13H,8H2,1-7H3. The van der Waals surface area contributed by atoms with Gasteiger partial charge < -0.3 is 5.01 Å². The molecule has 1 heterocycles. The van der Waals surface area contributed by atoms with Crippen molar-refractivity contribution >= 4 is 0 Å². The topological polar surface area (TPSA) is 15.3 Å². The predicted octanol–water partition coefficient (Wildman–Crippen LogP) is 2.78. The molecule has 14 heavy (non-hydrogen) atoms. The summed E-state index contributed by atoms with van der Waals surface area (Å²) in [5.74, 6) is 0. The first-order valence-corrected chi connectivity index (χ1v) is 5.35. The summed E-state index contributed by atoms with van der Waals surface area (Å²) in [5, 5.41) is 2.18. The van der Waals surface area contributed by atoms with Crippen LogP contribution in [-0.4, -0.2) is 18.6 Å². The van der Waals surface area contributed by atoms with Gasteiger partial charge in [-0.3, -0.25) is 0 Å². The lowest BCUT2D eigenvalue weighted by Gasteiger charge is -2.31. The van der Waals surface area contributed by atoms with E-state index in [9.17, 15) is 0 Å². The van der Waals surface area contributed by atoms with Crippen LogP contribution >= 0.6 is 0 Å². The van der Waals surface area contributed by atoms with Crippen molar-refractivity contribution in [2.45, 2.75) is 41.5 Å². The zero-order chi connectivity index (χ0) is 11.1. The summed E-state index contributed by atoms with van der Waals surface area (Å²) in [6.07, 6.45) is 0. The molecule has 0 aromatic heterocycles. The van der Waals surface area contributed by atoms with Crippen molar-refractivity contribution in [3.63, 3.8) is 0 Å². The van der Waals surface area contributed by atoms with Gasteiger partial charge >= 0.3 is 0 Å². The van der Waals surface area contributed by atoms with Crippen LogP contribution < -0.4 is 5.43 Å². The van der Waals surface area contributed by atoms with Gasteiger partial charge in [0.15, 0.2) is 0 Å². The van der Waals surface area contributed by atoms with Crippen molar-refractivity contribution in [3.8, 4) is 0 Å². The van der Waals surface area contributed by atoms with Gasteiger partial charge in [-0.15, -0.1) is 0 Å². The quantitative estimate of drug-likeness (QED) is 0.641. The number of hydrazine groups is 1. The van der Waals surface area contributed by atoms with Gasteiger partial charge in [-0.05, 0) is 11.0 Å². The summed E-state index contributed by atoms with van der Waals surface area (Å²) in [5.41, 5.74) is 6.86. The highest BCUT2D eigenvalue weighted by Crippen LogP contribution is 2.39. The lowest BCUT2D eigenvalue weighted by Crippen LogP contribution is -2.32. The second kappa shape index (κ2) is 3.27. The van der Waals surface area contributed by atoms with Crippen LogP contribution in [0.4, 0.5) is 0 Å². The van der Waals surface area contributed by atoms with E-state index in [1.165, 1.54) is 11.3 Å². The predicted molar refractivity (Wildman–Crippen MR) is 61.7 cm³/mol. The van der Waals surface area contributed by atoms with Crippen LogP contribution in [0.1, 0.15) is 41.5 Å². The first kappa shape index (κ1) is 11.6. The Morgan fingerprint density at radius 2 is 1.50 bits per heavy atom. The van der Waals surface area contributed by atoms with Crippen molar-refractivity contribution in [1.29, 1.82) is 0 Å². The molecule has 0 aromatic rings. The van der Waals surface area contributed by atoms with E-state index in [1.54, 1.807) is 0 Å². The molecule has 82 valence electrons. The molecule has 0 atom stereocenters. The molecular formula is C12H24N2. The summed E-state index contributed by atoms with van der Waals surface area (Å²) in [4.78, 5) is 0. The second-order valence-corrected chi connectivity index (χ2v) is 6.22. The number of hydrogen-bond acceptors (Lipinski definition) is 2. The van der Waals surface area contributed by atoms with Crippen molar-refractivity contribution in [1.82, 2.24) is 10.4 Å². The molecule has 0 bridgehead atoms. The third-order valence-corrected chi connectivity index (χ3v) is 2.73. The molecule has 0 fully saturated rings. The Bertz CT molecular complexity index is 250. The third kappa shape index (κ3) is 2.11. The average Bonchev–Trinajstić information content (AvgIpc) is 2.27. The van der Waals surface area contributed by atoms with Gasteiger partial charge in [0, 0.05) is 24.7 Å². The minimum atomic E-state index is 0.223. The lowest BCUT2D eigenvalue weighted by molar-refractivity contribution is 0.271. The van der Waals surface area contributed by atoms with Gasteiger partial charge in [-0.25, -0.2) is 5.43 Å². The van der Waals surface area contributed by atoms with E-state index in [2.05, 4.69) is 59.0 Å². The highest BCUT2D eigenvalue weighted by molar-refractivity contribution is 5.27. The molecule has 0 aromatic carbocycles. The van der Waals surface area contributed by atoms with E-state index in [0.717, 1.165) is 6.54 Å². The van der Waals surface area contributed by atoms with Gasteiger partial charge in [-0.1, -0.05) is 41.5 Å². The Balaban J connectivity index is 3.16. The normalized spacial score (nSPS) is 19.5. The number of hydrogen-bond donors (Lipinski definition) is 1. The molecule has 1 rings (SSSR count). The molecule has 0 unspecified atom stereocenters. The van der Waals surface area contributed by atoms with Gasteiger partial charge in [0.25, 0.3) is 0 Å². The van der Waals surface area contributed by atoms with E-state index in [-0.39, 0.29) is 10.8 Å². The average molecular weight is 196 g/mol. The molecule has 0 radical (unpaired) electrons. The molecule has 0 aliphatic carbocycles. The smallest absolute Gasteiger partial charge is 0.0386 e. The molecular weight excluding hydrogens is 172 g/mol. The third-order valence-electron chi connectivity index (χ3n) is 2.73. The number of nitrogens with zero attached hydrogens (tertiary/aromatic N) is 1. The summed E-state index contributed by atoms with van der Waals surface area (Å²) >= 11 is 0. The Morgan fingerprint density at radius 3 is 1.79 bits per heavy atom. The number of allylic oxidation sites excluding steroid dienone is 1. The highest BCUT2D eigenvalue weighted by atomic mass is 15.5. The maximum Gasteiger partial charge on any atom is 0.0386 e. The van der Waals surface area contributed by atoms with E-state index >= 15 is 0 Å². The van der Waals surface area contributed by atoms with Crippen molar-refractivity contribution in [2.75, 3.05) is 13.6 Å². The van der Waals surface area contributed by atoms with Crippen LogP contribution in [0.5, 0.6) is 0 Å². The number of nitrogens with one attached hydrogen (secondary N) is 1. The molecule has 0 amide bonds.